The predicted molar refractivity (Wildman–Crippen MR) is 94.2 cm³/mol. The molecule has 0 aliphatic carbocycles. The molecule has 8 nitrogen and oxygen atoms in total. The molecule has 1 aromatic carbocycles. The normalized spacial score (nSPS) is 14.6. The van der Waals surface area contributed by atoms with Gasteiger partial charge in [-0.15, -0.1) is 5.10 Å². The molecular weight excluding hydrogens is 401 g/mol. The molecule has 0 N–H and O–H groups in total. The van der Waals surface area contributed by atoms with Crippen molar-refractivity contribution in [3.05, 3.63) is 71.1 Å². The summed E-state index contributed by atoms with van der Waals surface area (Å²) < 4.78 is 40.7. The van der Waals surface area contributed by atoms with Gasteiger partial charge in [0.1, 0.15) is 11.8 Å². The van der Waals surface area contributed by atoms with Gasteiger partial charge in [0.25, 0.3) is 17.6 Å². The summed E-state index contributed by atoms with van der Waals surface area (Å²) in [7, 11) is 0. The van der Waals surface area contributed by atoms with Crippen LogP contribution < -0.4 is 0 Å². The third-order valence-corrected chi connectivity index (χ3v) is 4.58. The van der Waals surface area contributed by atoms with Gasteiger partial charge >= 0.3 is 6.18 Å². The first-order chi connectivity index (χ1) is 14.2. The van der Waals surface area contributed by atoms with E-state index in [0.717, 1.165) is 15.8 Å². The van der Waals surface area contributed by atoms with Crippen molar-refractivity contribution in [1.29, 1.82) is 5.26 Å². The summed E-state index contributed by atoms with van der Waals surface area (Å²) in [5.74, 6) is -2.97. The summed E-state index contributed by atoms with van der Waals surface area (Å²) in [6.45, 7) is 1.39. The van der Waals surface area contributed by atoms with E-state index < -0.39 is 29.9 Å². The van der Waals surface area contributed by atoms with E-state index in [1.807, 2.05) is 0 Å². The number of benzene rings is 1. The number of imide groups is 1. The van der Waals surface area contributed by atoms with Crippen molar-refractivity contribution in [3.8, 4) is 11.8 Å². The molecule has 4 rings (SSSR count). The van der Waals surface area contributed by atoms with Crippen molar-refractivity contribution < 1.29 is 22.8 Å². The van der Waals surface area contributed by atoms with Crippen LogP contribution in [0.3, 0.4) is 0 Å². The van der Waals surface area contributed by atoms with Crippen molar-refractivity contribution in [1.82, 2.24) is 24.6 Å². The van der Waals surface area contributed by atoms with E-state index >= 15 is 0 Å². The van der Waals surface area contributed by atoms with Crippen LogP contribution in [-0.2, 0) is 6.18 Å². The number of aromatic nitrogens is 4. The van der Waals surface area contributed by atoms with Crippen LogP contribution in [0, 0.1) is 11.3 Å². The standard InChI is InChI=1S/C19H11F3N6O2/c1-10(27-16(29)13-4-2-3-5-14(13)17(27)30)15-25-18(19(20,21)22)26-28(15)12-7-6-11(8-23)24-9-12/h2-7,9-10H,1H3/t10-/m0/s1. The van der Waals surface area contributed by atoms with Gasteiger partial charge in [0.05, 0.1) is 29.1 Å². The first-order valence-corrected chi connectivity index (χ1v) is 8.60. The van der Waals surface area contributed by atoms with Crippen LogP contribution in [0.25, 0.3) is 5.69 Å². The van der Waals surface area contributed by atoms with Gasteiger partial charge in [-0.25, -0.2) is 14.6 Å². The summed E-state index contributed by atoms with van der Waals surface area (Å²) in [4.78, 5) is 33.7. The third-order valence-electron chi connectivity index (χ3n) is 4.58. The van der Waals surface area contributed by atoms with Gasteiger partial charge in [0.15, 0.2) is 5.82 Å². The van der Waals surface area contributed by atoms with Crippen molar-refractivity contribution in [2.45, 2.75) is 19.1 Å². The number of amides is 2. The molecule has 1 aliphatic heterocycles. The van der Waals surface area contributed by atoms with Crippen LogP contribution in [0.2, 0.25) is 0 Å². The van der Waals surface area contributed by atoms with Gasteiger partial charge in [-0.05, 0) is 31.2 Å². The average Bonchev–Trinajstić information content (AvgIpc) is 3.29. The molecule has 3 aromatic rings. The monoisotopic (exact) mass is 412 g/mol. The van der Waals surface area contributed by atoms with E-state index in [0.29, 0.717) is 0 Å². The Morgan fingerprint density at radius 2 is 1.70 bits per heavy atom. The van der Waals surface area contributed by atoms with Crippen LogP contribution in [0.1, 0.15) is 51.0 Å². The fourth-order valence-electron chi connectivity index (χ4n) is 3.16. The highest BCUT2D eigenvalue weighted by Crippen LogP contribution is 2.33. The number of fused-ring (bicyclic) bond motifs is 1. The molecular formula is C19H11F3N6O2. The number of nitriles is 1. The summed E-state index contributed by atoms with van der Waals surface area (Å²) in [6.07, 6.45) is -3.69. The highest BCUT2D eigenvalue weighted by molar-refractivity contribution is 6.21. The number of carbonyl (C=O) groups is 2. The number of carbonyl (C=O) groups excluding carboxylic acids is 2. The first kappa shape index (κ1) is 19.3. The topological polar surface area (TPSA) is 105 Å². The van der Waals surface area contributed by atoms with Gasteiger partial charge < -0.3 is 0 Å². The number of halogens is 3. The molecule has 1 aliphatic rings. The molecule has 0 fully saturated rings. The molecule has 0 radical (unpaired) electrons. The van der Waals surface area contributed by atoms with Crippen LogP contribution in [-0.4, -0.2) is 36.5 Å². The van der Waals surface area contributed by atoms with Crippen LogP contribution in [0.5, 0.6) is 0 Å². The predicted octanol–water partition coefficient (Wildman–Crippen LogP) is 2.91. The number of pyridine rings is 1. The van der Waals surface area contributed by atoms with E-state index in [4.69, 9.17) is 5.26 Å². The van der Waals surface area contributed by atoms with E-state index in [-0.39, 0.29) is 28.3 Å². The minimum absolute atomic E-state index is 0.0601. The van der Waals surface area contributed by atoms with Gasteiger partial charge in [-0.3, -0.25) is 14.5 Å². The minimum Gasteiger partial charge on any atom is -0.269 e. The molecule has 11 heteroatoms. The second kappa shape index (κ2) is 6.77. The molecule has 2 amide bonds. The Morgan fingerprint density at radius 3 is 2.20 bits per heavy atom. The Kier molecular flexibility index (Phi) is 4.34. The zero-order valence-corrected chi connectivity index (χ0v) is 15.3. The first-order valence-electron chi connectivity index (χ1n) is 8.60. The maximum absolute atomic E-state index is 13.3. The number of hydrogen-bond acceptors (Lipinski definition) is 6. The van der Waals surface area contributed by atoms with Gasteiger partial charge in [0, 0.05) is 0 Å². The summed E-state index contributed by atoms with van der Waals surface area (Å²) in [5.41, 5.74) is 0.480. The van der Waals surface area contributed by atoms with Crippen LogP contribution >= 0.6 is 0 Å². The lowest BCUT2D eigenvalue weighted by molar-refractivity contribution is -0.144. The second-order valence-electron chi connectivity index (χ2n) is 6.42. The molecule has 2 aromatic heterocycles. The molecule has 3 heterocycles. The molecule has 0 saturated carbocycles. The van der Waals surface area contributed by atoms with E-state index in [9.17, 15) is 22.8 Å². The number of hydrogen-bond donors (Lipinski definition) is 0. The van der Waals surface area contributed by atoms with Crippen LogP contribution in [0.4, 0.5) is 13.2 Å². The summed E-state index contributed by atoms with van der Waals surface area (Å²) in [6, 6.07) is 9.42. The lowest BCUT2D eigenvalue weighted by Crippen LogP contribution is -2.34. The SMILES string of the molecule is C[C@@H](c1nc(C(F)(F)F)nn1-c1ccc(C#N)nc1)N1C(=O)c2ccccc2C1=O. The maximum atomic E-state index is 13.3. The smallest absolute Gasteiger partial charge is 0.269 e. The molecule has 0 saturated heterocycles. The Hall–Kier alpha value is -4.07. The van der Waals surface area contributed by atoms with E-state index in [2.05, 4.69) is 15.1 Å². The maximum Gasteiger partial charge on any atom is 0.453 e. The molecule has 0 unspecified atom stereocenters. The Labute approximate surface area is 167 Å². The quantitative estimate of drug-likeness (QED) is 0.613. The Balaban J connectivity index is 1.82. The molecule has 150 valence electrons. The third kappa shape index (κ3) is 2.98. The number of rotatable bonds is 3. The average molecular weight is 412 g/mol. The molecule has 30 heavy (non-hydrogen) atoms. The largest absolute Gasteiger partial charge is 0.453 e. The summed E-state index contributed by atoms with van der Waals surface area (Å²) >= 11 is 0. The highest BCUT2D eigenvalue weighted by atomic mass is 19.4. The molecule has 1 atom stereocenters. The van der Waals surface area contributed by atoms with Crippen LogP contribution in [0.15, 0.2) is 42.6 Å². The van der Waals surface area contributed by atoms with Crippen molar-refractivity contribution in [2.75, 3.05) is 0 Å². The van der Waals surface area contributed by atoms with Crippen molar-refractivity contribution >= 4 is 11.8 Å². The second-order valence-corrected chi connectivity index (χ2v) is 6.42. The Bertz CT molecular complexity index is 1180. The lowest BCUT2D eigenvalue weighted by Gasteiger charge is -2.22. The van der Waals surface area contributed by atoms with E-state index in [1.165, 1.54) is 31.2 Å². The zero-order valence-electron chi connectivity index (χ0n) is 15.3. The fraction of sp³-hybridized carbons (Fsp3) is 0.158. The van der Waals surface area contributed by atoms with Crippen molar-refractivity contribution in [2.24, 2.45) is 0 Å². The lowest BCUT2D eigenvalue weighted by atomic mass is 10.1. The molecule has 0 bridgehead atoms. The fourth-order valence-corrected chi connectivity index (χ4v) is 3.16. The van der Waals surface area contributed by atoms with E-state index in [1.54, 1.807) is 18.2 Å². The summed E-state index contributed by atoms with van der Waals surface area (Å²) in [5, 5.41) is 12.4. The van der Waals surface area contributed by atoms with Crippen molar-refractivity contribution in [3.63, 3.8) is 0 Å². The van der Waals surface area contributed by atoms with Gasteiger partial charge in [-0.2, -0.15) is 18.4 Å². The minimum atomic E-state index is -4.85. The number of alkyl halides is 3. The molecule has 0 spiro atoms. The number of nitrogens with zero attached hydrogens (tertiary/aromatic N) is 6. The van der Waals surface area contributed by atoms with Gasteiger partial charge in [-0.1, -0.05) is 12.1 Å². The zero-order chi connectivity index (χ0) is 21.6. The highest BCUT2D eigenvalue weighted by Gasteiger charge is 2.43. The van der Waals surface area contributed by atoms with Gasteiger partial charge in [0.2, 0.25) is 0 Å². The Morgan fingerprint density at radius 1 is 1.07 bits per heavy atom.